The normalized spacial score (nSPS) is 13.0. The predicted octanol–water partition coefficient (Wildman–Crippen LogP) is 0.616. The third-order valence-corrected chi connectivity index (χ3v) is 5.85. The van der Waals surface area contributed by atoms with Crippen LogP contribution in [0.2, 0.25) is 0 Å². The van der Waals surface area contributed by atoms with Crippen molar-refractivity contribution in [3.05, 3.63) is 29.8 Å². The van der Waals surface area contributed by atoms with Crippen LogP contribution >= 0.6 is 15.2 Å². The molecule has 0 aliphatic rings. The van der Waals surface area contributed by atoms with E-state index in [1.807, 2.05) is 0 Å². The van der Waals surface area contributed by atoms with E-state index in [2.05, 4.69) is 0 Å². The number of phenolic OH excluding ortho intramolecular Hbond substituents is 1. The van der Waals surface area contributed by atoms with Gasteiger partial charge in [-0.1, -0.05) is 12.1 Å². The van der Waals surface area contributed by atoms with Gasteiger partial charge < -0.3 is 24.7 Å². The fraction of sp³-hybridized carbons (Fsp3) is 0.250. The van der Waals surface area contributed by atoms with Crippen LogP contribution in [0.5, 0.6) is 5.75 Å². The minimum atomic E-state index is -4.90. The van der Waals surface area contributed by atoms with Crippen LogP contribution in [-0.2, 0) is 15.6 Å². The molecule has 0 saturated carbocycles. The van der Waals surface area contributed by atoms with Crippen LogP contribution in [0.25, 0.3) is 0 Å². The molecule has 1 rings (SSSR count). The van der Waals surface area contributed by atoms with Gasteiger partial charge in [0.05, 0.1) is 0 Å². The number of hydrogen-bond donors (Lipinski definition) is 5. The summed E-state index contributed by atoms with van der Waals surface area (Å²) in [5.74, 6) is -0.0438. The average molecular weight is 282 g/mol. The Labute approximate surface area is 97.1 Å². The second kappa shape index (κ2) is 4.90. The van der Waals surface area contributed by atoms with Crippen LogP contribution in [0, 0.1) is 0 Å². The molecular weight excluding hydrogens is 270 g/mol. The highest BCUT2D eigenvalue weighted by atomic mass is 31.2. The van der Waals surface area contributed by atoms with Gasteiger partial charge in [0, 0.05) is 0 Å². The van der Waals surface area contributed by atoms with Crippen LogP contribution < -0.4 is 0 Å². The topological polar surface area (TPSA) is 135 Å². The number of phenols is 1. The van der Waals surface area contributed by atoms with Crippen LogP contribution in [0.1, 0.15) is 5.56 Å². The molecule has 0 aromatic heterocycles. The van der Waals surface area contributed by atoms with Gasteiger partial charge in [0.15, 0.2) is 5.40 Å². The van der Waals surface area contributed by atoms with Crippen molar-refractivity contribution in [1.29, 1.82) is 0 Å². The third-order valence-electron chi connectivity index (χ3n) is 2.13. The van der Waals surface area contributed by atoms with Crippen molar-refractivity contribution in [2.45, 2.75) is 11.8 Å². The quantitative estimate of drug-likeness (QED) is 0.510. The Morgan fingerprint density at radius 1 is 0.941 bits per heavy atom. The number of benzene rings is 1. The van der Waals surface area contributed by atoms with Crippen molar-refractivity contribution in [2.75, 3.05) is 0 Å². The molecule has 0 atom stereocenters. The Kier molecular flexibility index (Phi) is 4.15. The molecule has 1 aromatic carbocycles. The van der Waals surface area contributed by atoms with E-state index in [0.717, 1.165) is 0 Å². The molecule has 7 nitrogen and oxygen atoms in total. The van der Waals surface area contributed by atoms with Gasteiger partial charge in [-0.3, -0.25) is 9.13 Å². The molecule has 0 spiro atoms. The van der Waals surface area contributed by atoms with E-state index in [1.165, 1.54) is 24.3 Å². The van der Waals surface area contributed by atoms with Crippen LogP contribution in [0.15, 0.2) is 24.3 Å². The first-order valence-electron chi connectivity index (χ1n) is 4.49. The Hall–Kier alpha value is -0.680. The summed E-state index contributed by atoms with van der Waals surface area (Å²) in [5.41, 5.74) is 0.319. The molecule has 0 bridgehead atoms. The molecule has 0 radical (unpaired) electrons. The zero-order valence-corrected chi connectivity index (χ0v) is 10.3. The van der Waals surface area contributed by atoms with Crippen LogP contribution in [0.4, 0.5) is 0 Å². The lowest BCUT2D eigenvalue weighted by atomic mass is 10.2. The van der Waals surface area contributed by atoms with Crippen molar-refractivity contribution in [1.82, 2.24) is 0 Å². The van der Waals surface area contributed by atoms with Crippen LogP contribution in [0.3, 0.4) is 0 Å². The molecule has 17 heavy (non-hydrogen) atoms. The lowest BCUT2D eigenvalue weighted by molar-refractivity contribution is 0.338. The summed E-state index contributed by atoms with van der Waals surface area (Å²) >= 11 is 0. The highest BCUT2D eigenvalue weighted by Crippen LogP contribution is 2.60. The van der Waals surface area contributed by atoms with Gasteiger partial charge >= 0.3 is 15.2 Å². The summed E-state index contributed by atoms with van der Waals surface area (Å²) in [6, 6.07) is 5.22. The number of hydrogen-bond acceptors (Lipinski definition) is 3. The minimum Gasteiger partial charge on any atom is -0.508 e. The maximum absolute atomic E-state index is 11.0. The van der Waals surface area contributed by atoms with Gasteiger partial charge in [0.1, 0.15) is 5.75 Å². The Balaban J connectivity index is 3.00. The van der Waals surface area contributed by atoms with Gasteiger partial charge in [0.25, 0.3) is 0 Å². The van der Waals surface area contributed by atoms with E-state index >= 15 is 0 Å². The molecule has 0 saturated heterocycles. The fourth-order valence-electron chi connectivity index (χ4n) is 1.28. The Morgan fingerprint density at radius 2 is 1.35 bits per heavy atom. The van der Waals surface area contributed by atoms with Gasteiger partial charge in [-0.2, -0.15) is 0 Å². The number of rotatable bonds is 4. The van der Waals surface area contributed by atoms with Crippen molar-refractivity contribution in [2.24, 2.45) is 0 Å². The lowest BCUT2D eigenvalue weighted by Crippen LogP contribution is -2.12. The maximum atomic E-state index is 11.0. The first-order valence-corrected chi connectivity index (χ1v) is 7.85. The van der Waals surface area contributed by atoms with Gasteiger partial charge in [0.2, 0.25) is 0 Å². The lowest BCUT2D eigenvalue weighted by Gasteiger charge is -2.19. The molecule has 0 unspecified atom stereocenters. The van der Waals surface area contributed by atoms with Gasteiger partial charge in [-0.15, -0.1) is 0 Å². The van der Waals surface area contributed by atoms with Crippen LogP contribution in [-0.4, -0.2) is 30.1 Å². The molecule has 96 valence electrons. The minimum absolute atomic E-state index is 0.0438. The largest absolute Gasteiger partial charge is 0.508 e. The summed E-state index contributed by atoms with van der Waals surface area (Å²) in [7, 11) is -9.80. The molecule has 0 aliphatic heterocycles. The summed E-state index contributed by atoms with van der Waals surface area (Å²) in [5, 5.41) is 6.95. The predicted molar refractivity (Wildman–Crippen MR) is 59.7 cm³/mol. The standard InChI is InChI=1S/C8H12O7P2/c9-7-3-1-6(2-4-7)5-8(16(10,11)12)17(13,14)15/h1-4,8-9H,5H2,(H2,10,11,12)(H2,13,14,15). The highest BCUT2D eigenvalue weighted by molar-refractivity contribution is 7.70. The summed E-state index contributed by atoms with van der Waals surface area (Å²) < 4.78 is 22.0. The second-order valence-corrected chi connectivity index (χ2v) is 7.54. The van der Waals surface area contributed by atoms with E-state index in [-0.39, 0.29) is 5.75 Å². The van der Waals surface area contributed by atoms with E-state index in [9.17, 15) is 9.13 Å². The Morgan fingerprint density at radius 3 is 1.71 bits per heavy atom. The first kappa shape index (κ1) is 14.4. The van der Waals surface area contributed by atoms with Gasteiger partial charge in [-0.05, 0) is 24.1 Å². The molecule has 0 heterocycles. The molecule has 1 aromatic rings. The second-order valence-electron chi connectivity index (χ2n) is 3.53. The highest BCUT2D eigenvalue weighted by Gasteiger charge is 2.43. The molecule has 0 fully saturated rings. The van der Waals surface area contributed by atoms with Crippen molar-refractivity contribution in [3.63, 3.8) is 0 Å². The summed E-state index contributed by atoms with van der Waals surface area (Å²) in [4.78, 5) is 35.6. The SMILES string of the molecule is O=P(O)(O)C(Cc1ccc(O)cc1)P(=O)(O)O. The average Bonchev–Trinajstić information content (AvgIpc) is 2.13. The fourth-order valence-corrected chi connectivity index (χ4v) is 3.74. The van der Waals surface area contributed by atoms with E-state index in [0.29, 0.717) is 5.56 Å². The smallest absolute Gasteiger partial charge is 0.341 e. The Bertz CT molecular complexity index is 449. The number of aromatic hydroxyl groups is 1. The zero-order valence-electron chi connectivity index (χ0n) is 8.54. The van der Waals surface area contributed by atoms with Crippen molar-refractivity contribution < 1.29 is 33.8 Å². The van der Waals surface area contributed by atoms with E-state index in [4.69, 9.17) is 24.7 Å². The summed E-state index contributed by atoms with van der Waals surface area (Å²) in [6.45, 7) is 0. The van der Waals surface area contributed by atoms with E-state index in [1.54, 1.807) is 0 Å². The first-order chi connectivity index (χ1) is 7.60. The maximum Gasteiger partial charge on any atom is 0.341 e. The van der Waals surface area contributed by atoms with Crippen molar-refractivity contribution >= 4 is 15.2 Å². The third kappa shape index (κ3) is 4.24. The molecular formula is C8H12O7P2. The zero-order chi connectivity index (χ0) is 13.3. The monoisotopic (exact) mass is 282 g/mol. The van der Waals surface area contributed by atoms with E-state index < -0.39 is 27.0 Å². The summed E-state index contributed by atoms with van der Waals surface area (Å²) in [6.07, 6.45) is -0.463. The van der Waals surface area contributed by atoms with Gasteiger partial charge in [-0.25, -0.2) is 0 Å². The molecule has 0 aliphatic carbocycles. The molecule has 5 N–H and O–H groups in total. The molecule has 0 amide bonds. The van der Waals surface area contributed by atoms with Crippen molar-refractivity contribution in [3.8, 4) is 5.75 Å². The molecule has 9 heteroatoms.